The van der Waals surface area contributed by atoms with Gasteiger partial charge in [0.2, 0.25) is 5.89 Å². The van der Waals surface area contributed by atoms with E-state index >= 15 is 0 Å². The lowest BCUT2D eigenvalue weighted by molar-refractivity contribution is 0.385. The molecule has 0 aliphatic heterocycles. The van der Waals surface area contributed by atoms with Gasteiger partial charge in [-0.15, -0.1) is 0 Å². The van der Waals surface area contributed by atoms with E-state index in [1.165, 1.54) is 11.1 Å². The van der Waals surface area contributed by atoms with Crippen molar-refractivity contribution < 1.29 is 4.52 Å². The number of aryl methyl sites for hydroxylation is 2. The molecule has 0 radical (unpaired) electrons. The normalized spacial score (nSPS) is 10.8. The Morgan fingerprint density at radius 1 is 1.29 bits per heavy atom. The number of hydrogen-bond donors (Lipinski definition) is 1. The molecule has 0 aliphatic carbocycles. The molecule has 5 heteroatoms. The van der Waals surface area contributed by atoms with Crippen molar-refractivity contribution in [1.82, 2.24) is 15.5 Å². The van der Waals surface area contributed by atoms with Crippen LogP contribution in [0.15, 0.2) is 27.2 Å². The smallest absolute Gasteiger partial charge is 0.223 e. The number of nitrogens with one attached hydrogen (secondary N) is 1. The Balaban J connectivity index is 1.87. The predicted molar refractivity (Wildman–Crippen MR) is 68.5 cm³/mol. The maximum Gasteiger partial charge on any atom is 0.223 e. The van der Waals surface area contributed by atoms with Crippen LogP contribution in [-0.4, -0.2) is 10.1 Å². The van der Waals surface area contributed by atoms with Crippen LogP contribution in [0.2, 0.25) is 0 Å². The van der Waals surface area contributed by atoms with Crippen molar-refractivity contribution in [1.29, 1.82) is 0 Å². The van der Waals surface area contributed by atoms with Crippen LogP contribution in [-0.2, 0) is 13.1 Å². The summed E-state index contributed by atoms with van der Waals surface area (Å²) in [4.78, 5) is 4.13. The Kier molecular flexibility index (Phi) is 3.91. The highest BCUT2D eigenvalue weighted by atomic mass is 79.9. The molecule has 0 bridgehead atoms. The van der Waals surface area contributed by atoms with Crippen LogP contribution in [0.25, 0.3) is 0 Å². The average Bonchev–Trinajstić information content (AvgIpc) is 2.70. The van der Waals surface area contributed by atoms with Gasteiger partial charge in [0.25, 0.3) is 0 Å². The number of nitrogens with zero attached hydrogens (tertiary/aromatic N) is 2. The fraction of sp³-hybridized carbons (Fsp3) is 0.333. The maximum absolute atomic E-state index is 4.89. The van der Waals surface area contributed by atoms with E-state index in [-0.39, 0.29) is 0 Å². The summed E-state index contributed by atoms with van der Waals surface area (Å²) in [6, 6.07) is 6.30. The van der Waals surface area contributed by atoms with Crippen molar-refractivity contribution in [3.63, 3.8) is 0 Å². The third-order valence-corrected chi connectivity index (χ3v) is 3.29. The topological polar surface area (TPSA) is 51.0 Å². The molecule has 2 rings (SSSR count). The lowest BCUT2D eigenvalue weighted by Gasteiger charge is -2.04. The molecule has 17 heavy (non-hydrogen) atoms. The molecule has 0 atom stereocenters. The largest absolute Gasteiger partial charge is 0.340 e. The Morgan fingerprint density at radius 2 is 2.12 bits per heavy atom. The van der Waals surface area contributed by atoms with Crippen LogP contribution < -0.4 is 5.32 Å². The summed E-state index contributed by atoms with van der Waals surface area (Å²) in [6.07, 6.45) is 0. The molecule has 1 N–H and O–H groups in total. The minimum atomic E-state index is 0.598. The van der Waals surface area contributed by atoms with Gasteiger partial charge in [-0.2, -0.15) is 4.98 Å². The first-order valence-electron chi connectivity index (χ1n) is 5.40. The lowest BCUT2D eigenvalue weighted by Crippen LogP contribution is -2.13. The van der Waals surface area contributed by atoms with E-state index in [1.807, 2.05) is 0 Å². The molecule has 1 aromatic carbocycles. The zero-order valence-corrected chi connectivity index (χ0v) is 11.4. The fourth-order valence-corrected chi connectivity index (χ4v) is 1.80. The highest BCUT2D eigenvalue weighted by Crippen LogP contribution is 2.16. The molecule has 0 aliphatic rings. The van der Waals surface area contributed by atoms with Crippen LogP contribution in [0.1, 0.15) is 22.8 Å². The first kappa shape index (κ1) is 12.3. The second kappa shape index (κ2) is 5.42. The van der Waals surface area contributed by atoms with E-state index in [1.54, 1.807) is 6.92 Å². The van der Waals surface area contributed by atoms with Gasteiger partial charge in [0, 0.05) is 17.9 Å². The molecular weight excluding hydrogens is 282 g/mol. The summed E-state index contributed by atoms with van der Waals surface area (Å²) < 4.78 is 6.03. The van der Waals surface area contributed by atoms with Crippen molar-refractivity contribution >= 4 is 15.9 Å². The van der Waals surface area contributed by atoms with Crippen molar-refractivity contribution in [2.24, 2.45) is 0 Å². The summed E-state index contributed by atoms with van der Waals surface area (Å²) in [5.74, 6) is 1.29. The van der Waals surface area contributed by atoms with E-state index in [4.69, 9.17) is 4.52 Å². The van der Waals surface area contributed by atoms with Gasteiger partial charge in [-0.05, 0) is 24.1 Å². The molecule has 90 valence electrons. The Labute approximate surface area is 109 Å². The molecule has 1 heterocycles. The standard InChI is InChI=1S/C12H14BrN3O/c1-8-5-10(3-4-11(8)13)6-14-7-12-15-9(2)17-16-12/h3-5,14H,6-7H2,1-2H3. The molecular formula is C12H14BrN3O. The SMILES string of the molecule is Cc1nc(CNCc2ccc(Br)c(C)c2)no1. The molecule has 0 spiro atoms. The molecule has 0 saturated heterocycles. The minimum Gasteiger partial charge on any atom is -0.340 e. The predicted octanol–water partition coefficient (Wildman–Crippen LogP) is 2.74. The van der Waals surface area contributed by atoms with Gasteiger partial charge >= 0.3 is 0 Å². The second-order valence-corrected chi connectivity index (χ2v) is 4.77. The number of hydrogen-bond acceptors (Lipinski definition) is 4. The molecule has 4 nitrogen and oxygen atoms in total. The van der Waals surface area contributed by atoms with Crippen LogP contribution in [0.5, 0.6) is 0 Å². The van der Waals surface area contributed by atoms with Crippen molar-refractivity contribution in [2.75, 3.05) is 0 Å². The first-order valence-corrected chi connectivity index (χ1v) is 6.19. The highest BCUT2D eigenvalue weighted by molar-refractivity contribution is 9.10. The van der Waals surface area contributed by atoms with Gasteiger partial charge in [0.1, 0.15) is 0 Å². The number of aromatic nitrogens is 2. The lowest BCUT2D eigenvalue weighted by atomic mass is 10.1. The number of rotatable bonds is 4. The highest BCUT2D eigenvalue weighted by Gasteiger charge is 2.02. The zero-order chi connectivity index (χ0) is 12.3. The summed E-state index contributed by atoms with van der Waals surface area (Å²) in [6.45, 7) is 5.28. The van der Waals surface area contributed by atoms with Crippen molar-refractivity contribution in [2.45, 2.75) is 26.9 Å². The van der Waals surface area contributed by atoms with E-state index in [0.717, 1.165) is 11.0 Å². The molecule has 0 saturated carbocycles. The van der Waals surface area contributed by atoms with Gasteiger partial charge in [0.15, 0.2) is 5.82 Å². The first-order chi connectivity index (χ1) is 8.15. The van der Waals surface area contributed by atoms with Gasteiger partial charge in [-0.3, -0.25) is 0 Å². The van der Waals surface area contributed by atoms with E-state index < -0.39 is 0 Å². The average molecular weight is 296 g/mol. The maximum atomic E-state index is 4.89. The van der Waals surface area contributed by atoms with Crippen LogP contribution >= 0.6 is 15.9 Å². The Morgan fingerprint density at radius 3 is 2.76 bits per heavy atom. The van der Waals surface area contributed by atoms with Crippen molar-refractivity contribution in [3.8, 4) is 0 Å². The second-order valence-electron chi connectivity index (χ2n) is 3.92. The Hall–Kier alpha value is -1.20. The summed E-state index contributed by atoms with van der Waals surface area (Å²) in [5, 5.41) is 7.10. The number of halogens is 1. The van der Waals surface area contributed by atoms with Gasteiger partial charge in [-0.25, -0.2) is 0 Å². The molecule has 2 aromatic rings. The van der Waals surface area contributed by atoms with E-state index in [0.29, 0.717) is 18.3 Å². The summed E-state index contributed by atoms with van der Waals surface area (Å²) >= 11 is 3.48. The van der Waals surface area contributed by atoms with Crippen LogP contribution in [0, 0.1) is 13.8 Å². The van der Waals surface area contributed by atoms with Gasteiger partial charge in [0.05, 0.1) is 6.54 Å². The quantitative estimate of drug-likeness (QED) is 0.942. The summed E-state index contributed by atoms with van der Waals surface area (Å²) in [5.41, 5.74) is 2.48. The molecule has 0 fully saturated rings. The van der Waals surface area contributed by atoms with E-state index in [9.17, 15) is 0 Å². The van der Waals surface area contributed by atoms with Gasteiger partial charge in [-0.1, -0.05) is 33.2 Å². The van der Waals surface area contributed by atoms with Crippen molar-refractivity contribution in [3.05, 3.63) is 45.5 Å². The third kappa shape index (κ3) is 3.38. The van der Waals surface area contributed by atoms with Crippen LogP contribution in [0.4, 0.5) is 0 Å². The van der Waals surface area contributed by atoms with Crippen LogP contribution in [0.3, 0.4) is 0 Å². The monoisotopic (exact) mass is 295 g/mol. The zero-order valence-electron chi connectivity index (χ0n) is 9.83. The molecule has 0 amide bonds. The van der Waals surface area contributed by atoms with E-state index in [2.05, 4.69) is 56.5 Å². The third-order valence-electron chi connectivity index (χ3n) is 2.40. The summed E-state index contributed by atoms with van der Waals surface area (Å²) in [7, 11) is 0. The molecule has 1 aromatic heterocycles. The fourth-order valence-electron chi connectivity index (χ4n) is 1.55. The number of benzene rings is 1. The Bertz CT molecular complexity index is 510. The molecule has 0 unspecified atom stereocenters. The van der Waals surface area contributed by atoms with Gasteiger partial charge < -0.3 is 9.84 Å². The minimum absolute atomic E-state index is 0.598.